The molecule has 0 saturated heterocycles. The summed E-state index contributed by atoms with van der Waals surface area (Å²) in [6, 6.07) is 7.08. The third kappa shape index (κ3) is 3.44. The number of fused-ring (bicyclic) bond motifs is 1. The Balaban J connectivity index is 2.29. The molecule has 0 saturated carbocycles. The summed E-state index contributed by atoms with van der Waals surface area (Å²) in [5, 5.41) is 17.3. The molecular formula is C14H16N4O3. The van der Waals surface area contributed by atoms with Crippen LogP contribution in [-0.2, 0) is 4.79 Å². The summed E-state index contributed by atoms with van der Waals surface area (Å²) in [6.07, 6.45) is 2.04. The van der Waals surface area contributed by atoms with Crippen molar-refractivity contribution in [3.63, 3.8) is 0 Å². The van der Waals surface area contributed by atoms with Gasteiger partial charge in [0.2, 0.25) is 5.91 Å². The Hall–Kier alpha value is -2.70. The highest BCUT2D eigenvalue weighted by Crippen LogP contribution is 2.30. The topological polar surface area (TPSA) is 97.2 Å². The first-order valence-electron chi connectivity index (χ1n) is 6.66. The Kier molecular flexibility index (Phi) is 4.65. The Morgan fingerprint density at radius 1 is 1.38 bits per heavy atom. The number of hydrogen-bond donors (Lipinski definition) is 2. The van der Waals surface area contributed by atoms with Crippen LogP contribution in [0.15, 0.2) is 30.5 Å². The monoisotopic (exact) mass is 288 g/mol. The van der Waals surface area contributed by atoms with Gasteiger partial charge in [0.15, 0.2) is 0 Å². The van der Waals surface area contributed by atoms with E-state index in [4.69, 9.17) is 0 Å². The van der Waals surface area contributed by atoms with Crippen LogP contribution in [0, 0.1) is 10.1 Å². The zero-order valence-corrected chi connectivity index (χ0v) is 11.6. The highest BCUT2D eigenvalue weighted by molar-refractivity contribution is 5.97. The maximum atomic E-state index is 11.6. The Morgan fingerprint density at radius 3 is 2.86 bits per heavy atom. The minimum Gasteiger partial charge on any atom is -0.370 e. The quantitative estimate of drug-likeness (QED) is 0.626. The summed E-state index contributed by atoms with van der Waals surface area (Å²) in [4.78, 5) is 26.3. The molecule has 0 atom stereocenters. The number of nitro groups is 1. The lowest BCUT2D eigenvalue weighted by Crippen LogP contribution is -2.30. The third-order valence-electron chi connectivity index (χ3n) is 2.95. The number of hydrogen-bond acceptors (Lipinski definition) is 5. The van der Waals surface area contributed by atoms with Gasteiger partial charge in [0.25, 0.3) is 0 Å². The molecule has 0 radical (unpaired) electrons. The van der Waals surface area contributed by atoms with Gasteiger partial charge in [0.05, 0.1) is 17.0 Å². The molecule has 1 amide bonds. The fourth-order valence-electron chi connectivity index (χ4n) is 1.95. The van der Waals surface area contributed by atoms with E-state index in [2.05, 4.69) is 15.6 Å². The SMILES string of the molecule is CCCNC(=O)CNc1c([N+](=O)[O-])cnc2ccccc12. The lowest BCUT2D eigenvalue weighted by molar-refractivity contribution is -0.384. The second-order valence-electron chi connectivity index (χ2n) is 4.50. The average Bonchev–Trinajstić information content (AvgIpc) is 2.50. The van der Waals surface area contributed by atoms with Crippen LogP contribution < -0.4 is 10.6 Å². The largest absolute Gasteiger partial charge is 0.370 e. The lowest BCUT2D eigenvalue weighted by atomic mass is 10.1. The molecule has 0 bridgehead atoms. The second kappa shape index (κ2) is 6.65. The molecule has 0 aliphatic carbocycles. The number of para-hydroxylation sites is 1. The molecule has 0 fully saturated rings. The van der Waals surface area contributed by atoms with E-state index in [1.165, 1.54) is 6.20 Å². The van der Waals surface area contributed by atoms with Crippen molar-refractivity contribution < 1.29 is 9.72 Å². The van der Waals surface area contributed by atoms with E-state index in [-0.39, 0.29) is 18.1 Å². The fraction of sp³-hybridized carbons (Fsp3) is 0.286. The van der Waals surface area contributed by atoms with Crippen molar-refractivity contribution in [2.45, 2.75) is 13.3 Å². The molecule has 2 aromatic rings. The molecule has 0 aliphatic rings. The first kappa shape index (κ1) is 14.7. The summed E-state index contributed by atoms with van der Waals surface area (Å²) >= 11 is 0. The third-order valence-corrected chi connectivity index (χ3v) is 2.95. The number of benzene rings is 1. The summed E-state index contributed by atoms with van der Waals surface area (Å²) in [5.41, 5.74) is 0.814. The molecule has 0 aliphatic heterocycles. The predicted molar refractivity (Wildman–Crippen MR) is 80.2 cm³/mol. The highest BCUT2D eigenvalue weighted by Gasteiger charge is 2.18. The number of anilines is 1. The van der Waals surface area contributed by atoms with Crippen molar-refractivity contribution in [1.29, 1.82) is 0 Å². The Morgan fingerprint density at radius 2 is 2.14 bits per heavy atom. The van der Waals surface area contributed by atoms with Crippen molar-refractivity contribution in [1.82, 2.24) is 10.3 Å². The molecule has 1 aromatic heterocycles. The van der Waals surface area contributed by atoms with E-state index in [1.807, 2.05) is 6.92 Å². The van der Waals surface area contributed by atoms with Gasteiger partial charge in [0, 0.05) is 11.9 Å². The number of amides is 1. The van der Waals surface area contributed by atoms with Crippen molar-refractivity contribution in [3.8, 4) is 0 Å². The smallest absolute Gasteiger partial charge is 0.311 e. The molecule has 21 heavy (non-hydrogen) atoms. The van der Waals surface area contributed by atoms with Crippen LogP contribution in [0.25, 0.3) is 10.9 Å². The van der Waals surface area contributed by atoms with Crippen LogP contribution in [-0.4, -0.2) is 28.9 Å². The summed E-state index contributed by atoms with van der Waals surface area (Å²) in [6.45, 7) is 2.52. The van der Waals surface area contributed by atoms with E-state index < -0.39 is 4.92 Å². The predicted octanol–water partition coefficient (Wildman–Crippen LogP) is 2.08. The zero-order valence-electron chi connectivity index (χ0n) is 11.6. The summed E-state index contributed by atoms with van der Waals surface area (Å²) in [7, 11) is 0. The highest BCUT2D eigenvalue weighted by atomic mass is 16.6. The normalized spacial score (nSPS) is 10.3. The first-order valence-corrected chi connectivity index (χ1v) is 6.66. The summed E-state index contributed by atoms with van der Waals surface area (Å²) < 4.78 is 0. The number of rotatable bonds is 6. The number of carbonyl (C=O) groups is 1. The van der Waals surface area contributed by atoms with E-state index in [9.17, 15) is 14.9 Å². The van der Waals surface area contributed by atoms with Gasteiger partial charge in [-0.25, -0.2) is 4.98 Å². The molecule has 7 heteroatoms. The van der Waals surface area contributed by atoms with E-state index in [0.717, 1.165) is 6.42 Å². The molecular weight excluding hydrogens is 272 g/mol. The number of nitrogens with zero attached hydrogens (tertiary/aromatic N) is 2. The van der Waals surface area contributed by atoms with Crippen molar-refractivity contribution in [3.05, 3.63) is 40.6 Å². The fourth-order valence-corrected chi connectivity index (χ4v) is 1.95. The van der Waals surface area contributed by atoms with Crippen LogP contribution in [0.1, 0.15) is 13.3 Å². The number of pyridine rings is 1. The van der Waals surface area contributed by atoms with Crippen LogP contribution in [0.5, 0.6) is 0 Å². The molecule has 2 rings (SSSR count). The zero-order chi connectivity index (χ0) is 15.2. The minimum atomic E-state index is -0.508. The molecule has 1 heterocycles. The first-order chi connectivity index (χ1) is 10.1. The van der Waals surface area contributed by atoms with Crippen LogP contribution in [0.4, 0.5) is 11.4 Å². The van der Waals surface area contributed by atoms with Crippen molar-refractivity contribution in [2.24, 2.45) is 0 Å². The van der Waals surface area contributed by atoms with Gasteiger partial charge in [-0.1, -0.05) is 25.1 Å². The maximum Gasteiger partial charge on any atom is 0.311 e. The average molecular weight is 288 g/mol. The van der Waals surface area contributed by atoms with Gasteiger partial charge >= 0.3 is 5.69 Å². The molecule has 0 unspecified atom stereocenters. The van der Waals surface area contributed by atoms with E-state index in [1.54, 1.807) is 24.3 Å². The Labute approximate surface area is 121 Å². The minimum absolute atomic E-state index is 0.0190. The molecule has 7 nitrogen and oxygen atoms in total. The Bertz CT molecular complexity index is 672. The van der Waals surface area contributed by atoms with Crippen molar-refractivity contribution >= 4 is 28.2 Å². The van der Waals surface area contributed by atoms with Gasteiger partial charge in [-0.3, -0.25) is 14.9 Å². The molecule has 2 N–H and O–H groups in total. The van der Waals surface area contributed by atoms with Gasteiger partial charge in [-0.05, 0) is 12.5 Å². The van der Waals surface area contributed by atoms with Crippen molar-refractivity contribution in [2.75, 3.05) is 18.4 Å². The van der Waals surface area contributed by atoms with Crippen LogP contribution in [0.2, 0.25) is 0 Å². The van der Waals surface area contributed by atoms with E-state index in [0.29, 0.717) is 23.1 Å². The van der Waals surface area contributed by atoms with Gasteiger partial charge in [-0.2, -0.15) is 0 Å². The maximum absolute atomic E-state index is 11.6. The number of carbonyl (C=O) groups excluding carboxylic acids is 1. The van der Waals surface area contributed by atoms with Crippen LogP contribution in [0.3, 0.4) is 0 Å². The molecule has 0 spiro atoms. The molecule has 1 aromatic carbocycles. The lowest BCUT2D eigenvalue weighted by Gasteiger charge is -2.10. The second-order valence-corrected chi connectivity index (χ2v) is 4.50. The summed E-state index contributed by atoms with van der Waals surface area (Å²) in [5.74, 6) is -0.202. The van der Waals surface area contributed by atoms with E-state index >= 15 is 0 Å². The molecule has 110 valence electrons. The standard InChI is InChI=1S/C14H16N4O3/c1-2-7-15-13(19)9-17-14-10-5-3-4-6-11(10)16-8-12(14)18(20)21/h3-6,8H,2,7,9H2,1H3,(H,15,19)(H,16,17). The number of nitrogens with one attached hydrogen (secondary N) is 2. The van der Waals surface area contributed by atoms with Crippen LogP contribution >= 0.6 is 0 Å². The van der Waals surface area contributed by atoms with Gasteiger partial charge in [-0.15, -0.1) is 0 Å². The van der Waals surface area contributed by atoms with Gasteiger partial charge in [0.1, 0.15) is 11.9 Å². The van der Waals surface area contributed by atoms with Gasteiger partial charge < -0.3 is 10.6 Å². The number of aromatic nitrogens is 1.